The number of nitrogens with zero attached hydrogens (tertiary/aromatic N) is 2. The van der Waals surface area contributed by atoms with Crippen molar-refractivity contribution in [1.82, 2.24) is 9.13 Å². The van der Waals surface area contributed by atoms with Gasteiger partial charge in [-0.2, -0.15) is 0 Å². The molecule has 0 unspecified atom stereocenters. The van der Waals surface area contributed by atoms with Crippen molar-refractivity contribution < 1.29 is 9.18 Å². The molecule has 2 aromatic carbocycles. The van der Waals surface area contributed by atoms with Crippen LogP contribution in [0.1, 0.15) is 12.5 Å². The molecule has 0 saturated carbocycles. The van der Waals surface area contributed by atoms with Crippen molar-refractivity contribution in [2.75, 3.05) is 5.32 Å². The van der Waals surface area contributed by atoms with Gasteiger partial charge in [0.1, 0.15) is 12.4 Å². The number of nitrogens with one attached hydrogen (secondary N) is 1. The Balaban J connectivity index is 1.83. The van der Waals surface area contributed by atoms with Crippen LogP contribution in [-0.4, -0.2) is 15.0 Å². The van der Waals surface area contributed by atoms with Crippen LogP contribution < -0.4 is 16.4 Å². The highest BCUT2D eigenvalue weighted by atomic mass is 19.1. The second-order valence-corrected chi connectivity index (χ2v) is 5.94. The van der Waals surface area contributed by atoms with Gasteiger partial charge in [-0.05, 0) is 42.3 Å². The minimum Gasteiger partial charge on any atom is -0.324 e. The van der Waals surface area contributed by atoms with Gasteiger partial charge in [-0.15, -0.1) is 0 Å². The summed E-state index contributed by atoms with van der Waals surface area (Å²) in [5, 5.41) is 2.76. The number of aryl methyl sites for hydroxylation is 1. The van der Waals surface area contributed by atoms with Gasteiger partial charge in [0.05, 0.1) is 0 Å². The topological polar surface area (TPSA) is 73.1 Å². The number of para-hydroxylation sites is 1. The van der Waals surface area contributed by atoms with Crippen LogP contribution in [0.25, 0.3) is 5.69 Å². The van der Waals surface area contributed by atoms with E-state index >= 15 is 0 Å². The summed E-state index contributed by atoms with van der Waals surface area (Å²) in [6, 6.07) is 12.6. The van der Waals surface area contributed by atoms with Crippen molar-refractivity contribution >= 4 is 11.6 Å². The number of hydrogen-bond acceptors (Lipinski definition) is 3. The van der Waals surface area contributed by atoms with E-state index in [0.717, 1.165) is 21.1 Å². The molecule has 1 aromatic heterocycles. The van der Waals surface area contributed by atoms with E-state index in [0.29, 0.717) is 11.4 Å². The van der Waals surface area contributed by atoms with Gasteiger partial charge >= 0.3 is 11.1 Å². The number of carbonyl (C=O) groups excluding carboxylic acids is 1. The zero-order valence-electron chi connectivity index (χ0n) is 14.7. The fraction of sp³-hybridized carbons (Fsp3) is 0.150. The molecule has 0 saturated heterocycles. The Morgan fingerprint density at radius 1 is 1.00 bits per heavy atom. The Morgan fingerprint density at radius 2 is 1.70 bits per heavy atom. The van der Waals surface area contributed by atoms with Gasteiger partial charge in [0.25, 0.3) is 0 Å². The molecule has 1 N–H and O–H groups in total. The molecule has 0 aliphatic carbocycles. The highest BCUT2D eigenvalue weighted by Crippen LogP contribution is 2.15. The lowest BCUT2D eigenvalue weighted by Crippen LogP contribution is -2.41. The highest BCUT2D eigenvalue weighted by Gasteiger charge is 2.11. The fourth-order valence-electron chi connectivity index (χ4n) is 2.73. The molecule has 3 rings (SSSR count). The Bertz CT molecular complexity index is 1080. The van der Waals surface area contributed by atoms with Gasteiger partial charge in [0.15, 0.2) is 0 Å². The van der Waals surface area contributed by atoms with Crippen molar-refractivity contribution in [1.29, 1.82) is 0 Å². The Kier molecular flexibility index (Phi) is 5.30. The third-order valence-electron chi connectivity index (χ3n) is 4.15. The number of carbonyl (C=O) groups is 1. The van der Waals surface area contributed by atoms with Gasteiger partial charge in [0.2, 0.25) is 5.91 Å². The van der Waals surface area contributed by atoms with Crippen molar-refractivity contribution in [2.24, 2.45) is 0 Å². The molecule has 7 heteroatoms. The number of rotatable bonds is 5. The molecule has 0 bridgehead atoms. The molecule has 0 fully saturated rings. The van der Waals surface area contributed by atoms with Crippen LogP contribution in [0.4, 0.5) is 10.1 Å². The maximum absolute atomic E-state index is 13.0. The number of anilines is 1. The zero-order chi connectivity index (χ0) is 19.4. The summed E-state index contributed by atoms with van der Waals surface area (Å²) in [4.78, 5) is 36.9. The lowest BCUT2D eigenvalue weighted by molar-refractivity contribution is -0.116. The van der Waals surface area contributed by atoms with Crippen LogP contribution in [0, 0.1) is 5.82 Å². The van der Waals surface area contributed by atoms with Crippen LogP contribution in [0.2, 0.25) is 0 Å². The predicted octanol–water partition coefficient (Wildman–Crippen LogP) is 2.34. The number of benzene rings is 2. The summed E-state index contributed by atoms with van der Waals surface area (Å²) in [7, 11) is 0. The van der Waals surface area contributed by atoms with Crippen LogP contribution in [0.3, 0.4) is 0 Å². The van der Waals surface area contributed by atoms with Crippen LogP contribution >= 0.6 is 0 Å². The fourth-order valence-corrected chi connectivity index (χ4v) is 2.73. The molecular weight excluding hydrogens is 349 g/mol. The number of halogens is 1. The monoisotopic (exact) mass is 367 g/mol. The van der Waals surface area contributed by atoms with E-state index in [4.69, 9.17) is 0 Å². The molecule has 0 spiro atoms. The quantitative estimate of drug-likeness (QED) is 0.704. The van der Waals surface area contributed by atoms with E-state index in [1.165, 1.54) is 36.7 Å². The lowest BCUT2D eigenvalue weighted by atomic mass is 10.1. The summed E-state index contributed by atoms with van der Waals surface area (Å²) < 4.78 is 15.2. The standard InChI is InChI=1S/C20H18FN3O3/c1-2-14-5-3-4-6-17(14)22-18(25)13-23-11-12-24(20(27)19(23)26)16-9-7-15(21)8-10-16/h3-12H,2,13H2,1H3,(H,22,25). The van der Waals surface area contributed by atoms with E-state index in [-0.39, 0.29) is 6.54 Å². The van der Waals surface area contributed by atoms with Gasteiger partial charge < -0.3 is 5.32 Å². The van der Waals surface area contributed by atoms with Crippen molar-refractivity contribution in [3.8, 4) is 5.69 Å². The number of aromatic nitrogens is 2. The van der Waals surface area contributed by atoms with Crippen LogP contribution in [0.5, 0.6) is 0 Å². The molecule has 1 amide bonds. The maximum Gasteiger partial charge on any atom is 0.320 e. The summed E-state index contributed by atoms with van der Waals surface area (Å²) in [6.45, 7) is 1.70. The Morgan fingerprint density at radius 3 is 2.41 bits per heavy atom. The molecule has 138 valence electrons. The first-order chi connectivity index (χ1) is 13.0. The first-order valence-electron chi connectivity index (χ1n) is 8.45. The minimum absolute atomic E-state index is 0.281. The van der Waals surface area contributed by atoms with E-state index in [2.05, 4.69) is 5.32 Å². The predicted molar refractivity (Wildman–Crippen MR) is 101 cm³/mol. The highest BCUT2D eigenvalue weighted by molar-refractivity contribution is 5.91. The van der Waals surface area contributed by atoms with Crippen LogP contribution in [0.15, 0.2) is 70.5 Å². The first-order valence-corrected chi connectivity index (χ1v) is 8.45. The minimum atomic E-state index is -0.833. The van der Waals surface area contributed by atoms with Crippen molar-refractivity contribution in [3.63, 3.8) is 0 Å². The van der Waals surface area contributed by atoms with Crippen LogP contribution in [-0.2, 0) is 17.8 Å². The van der Waals surface area contributed by atoms with Crippen molar-refractivity contribution in [3.05, 3.63) is 93.0 Å². The molecule has 6 nitrogen and oxygen atoms in total. The second kappa shape index (κ2) is 7.82. The summed E-state index contributed by atoms with van der Waals surface area (Å²) in [5.41, 5.74) is 0.376. The van der Waals surface area contributed by atoms with E-state index < -0.39 is 22.8 Å². The van der Waals surface area contributed by atoms with E-state index in [1.54, 1.807) is 6.07 Å². The SMILES string of the molecule is CCc1ccccc1NC(=O)Cn1ccn(-c2ccc(F)cc2)c(=O)c1=O. The summed E-state index contributed by atoms with van der Waals surface area (Å²) >= 11 is 0. The van der Waals surface area contributed by atoms with E-state index in [9.17, 15) is 18.8 Å². The molecule has 0 aliphatic rings. The molecule has 27 heavy (non-hydrogen) atoms. The Labute approximate surface area is 154 Å². The summed E-state index contributed by atoms with van der Waals surface area (Å²) in [5.74, 6) is -0.846. The Hall–Kier alpha value is -3.48. The second-order valence-electron chi connectivity index (χ2n) is 5.94. The molecule has 0 atom stereocenters. The molecule has 0 radical (unpaired) electrons. The van der Waals surface area contributed by atoms with E-state index in [1.807, 2.05) is 25.1 Å². The average molecular weight is 367 g/mol. The van der Waals surface area contributed by atoms with Gasteiger partial charge in [0, 0.05) is 23.8 Å². The zero-order valence-corrected chi connectivity index (χ0v) is 14.7. The largest absolute Gasteiger partial charge is 0.324 e. The molecule has 0 aliphatic heterocycles. The normalized spacial score (nSPS) is 10.6. The summed E-state index contributed by atoms with van der Waals surface area (Å²) in [6.07, 6.45) is 3.49. The number of amides is 1. The lowest BCUT2D eigenvalue weighted by Gasteiger charge is -2.11. The van der Waals surface area contributed by atoms with Gasteiger partial charge in [-0.1, -0.05) is 25.1 Å². The molecule has 1 heterocycles. The smallest absolute Gasteiger partial charge is 0.320 e. The first kappa shape index (κ1) is 18.3. The third kappa shape index (κ3) is 4.03. The number of hydrogen-bond donors (Lipinski definition) is 1. The van der Waals surface area contributed by atoms with Gasteiger partial charge in [-0.25, -0.2) is 4.39 Å². The third-order valence-corrected chi connectivity index (χ3v) is 4.15. The molecular formula is C20H18FN3O3. The van der Waals surface area contributed by atoms with Crippen molar-refractivity contribution in [2.45, 2.75) is 19.9 Å². The van der Waals surface area contributed by atoms with Gasteiger partial charge in [-0.3, -0.25) is 23.5 Å². The maximum atomic E-state index is 13.0. The average Bonchev–Trinajstić information content (AvgIpc) is 2.67. The molecule has 3 aromatic rings.